The van der Waals surface area contributed by atoms with E-state index >= 15 is 0 Å². The highest BCUT2D eigenvalue weighted by atomic mass is 19.1. The van der Waals surface area contributed by atoms with Gasteiger partial charge >= 0.3 is 0 Å². The molecule has 0 spiro atoms. The van der Waals surface area contributed by atoms with E-state index in [0.717, 1.165) is 24.0 Å². The summed E-state index contributed by atoms with van der Waals surface area (Å²) in [7, 11) is 3.12. The number of methoxy groups -OCH3 is 2. The van der Waals surface area contributed by atoms with Crippen LogP contribution in [0.15, 0.2) is 42.5 Å². The fourth-order valence-corrected chi connectivity index (χ4v) is 5.03. The molecule has 32 heavy (non-hydrogen) atoms. The van der Waals surface area contributed by atoms with Crippen molar-refractivity contribution < 1.29 is 23.5 Å². The van der Waals surface area contributed by atoms with E-state index < -0.39 is 11.5 Å². The summed E-state index contributed by atoms with van der Waals surface area (Å²) in [4.78, 5) is 25.9. The zero-order valence-electron chi connectivity index (χ0n) is 18.4. The van der Waals surface area contributed by atoms with Gasteiger partial charge in [-0.3, -0.25) is 9.59 Å². The summed E-state index contributed by atoms with van der Waals surface area (Å²) < 4.78 is 24.7. The normalized spacial score (nSPS) is 22.2. The van der Waals surface area contributed by atoms with Crippen molar-refractivity contribution in [3.63, 3.8) is 0 Å². The highest BCUT2D eigenvalue weighted by Crippen LogP contribution is 2.42. The van der Waals surface area contributed by atoms with Crippen molar-refractivity contribution >= 4 is 11.8 Å². The van der Waals surface area contributed by atoms with Crippen LogP contribution in [0.25, 0.3) is 0 Å². The molecule has 2 aromatic carbocycles. The Hall–Kier alpha value is -3.09. The van der Waals surface area contributed by atoms with Crippen molar-refractivity contribution in [2.75, 3.05) is 14.2 Å². The molecule has 170 valence electrons. The molecule has 2 amide bonds. The number of halogens is 1. The van der Waals surface area contributed by atoms with Gasteiger partial charge in [0.15, 0.2) is 11.5 Å². The van der Waals surface area contributed by atoms with Gasteiger partial charge in [0.2, 0.25) is 11.8 Å². The number of amides is 2. The summed E-state index contributed by atoms with van der Waals surface area (Å²) in [5, 5.41) is 6.23. The van der Waals surface area contributed by atoms with Crippen LogP contribution in [0.2, 0.25) is 0 Å². The molecule has 2 aromatic rings. The SMILES string of the molecule is COc1ccc(C2NC(=O)CCC2NC(=O)C2(c3cccc(F)c3)CCCC2)cc1OC. The van der Waals surface area contributed by atoms with E-state index in [9.17, 15) is 14.0 Å². The van der Waals surface area contributed by atoms with Crippen molar-refractivity contribution in [1.82, 2.24) is 10.6 Å². The van der Waals surface area contributed by atoms with E-state index in [4.69, 9.17) is 9.47 Å². The second kappa shape index (κ2) is 9.18. The van der Waals surface area contributed by atoms with E-state index in [0.29, 0.717) is 37.2 Å². The molecule has 2 atom stereocenters. The Morgan fingerprint density at radius 2 is 1.84 bits per heavy atom. The van der Waals surface area contributed by atoms with Gasteiger partial charge in [0.1, 0.15) is 5.82 Å². The molecule has 1 saturated carbocycles. The Labute approximate surface area is 187 Å². The standard InChI is InChI=1S/C25H29FN2O4/c1-31-20-10-8-16(14-21(20)32-2)23-19(9-11-22(29)28-23)27-24(30)25(12-3-4-13-25)17-6-5-7-18(26)15-17/h5-8,10,14-15,19,23H,3-4,9,11-13H2,1-2H3,(H,27,30)(H,28,29). The summed E-state index contributed by atoms with van der Waals surface area (Å²) in [5.74, 6) is 0.648. The largest absolute Gasteiger partial charge is 0.493 e. The third-order valence-electron chi connectivity index (χ3n) is 6.75. The van der Waals surface area contributed by atoms with Gasteiger partial charge in [-0.05, 0) is 54.7 Å². The van der Waals surface area contributed by atoms with Crippen molar-refractivity contribution in [3.8, 4) is 11.5 Å². The number of carbonyl (C=O) groups excluding carboxylic acids is 2. The first-order valence-corrected chi connectivity index (χ1v) is 11.0. The monoisotopic (exact) mass is 440 g/mol. The molecule has 2 N–H and O–H groups in total. The number of piperidine rings is 1. The zero-order chi connectivity index (χ0) is 22.7. The quantitative estimate of drug-likeness (QED) is 0.717. The summed E-state index contributed by atoms with van der Waals surface area (Å²) in [6.45, 7) is 0. The Balaban J connectivity index is 1.62. The summed E-state index contributed by atoms with van der Waals surface area (Å²) in [5.41, 5.74) is 0.799. The average Bonchev–Trinajstić information content (AvgIpc) is 3.31. The van der Waals surface area contributed by atoms with Crippen LogP contribution in [0.4, 0.5) is 4.39 Å². The molecular formula is C25H29FN2O4. The number of hydrogen-bond donors (Lipinski definition) is 2. The average molecular weight is 441 g/mol. The van der Waals surface area contributed by atoms with Gasteiger partial charge in [-0.25, -0.2) is 4.39 Å². The van der Waals surface area contributed by atoms with E-state index in [1.54, 1.807) is 26.4 Å². The molecule has 2 fully saturated rings. The number of benzene rings is 2. The molecule has 1 saturated heterocycles. The number of rotatable bonds is 6. The van der Waals surface area contributed by atoms with Crippen LogP contribution >= 0.6 is 0 Å². The van der Waals surface area contributed by atoms with E-state index in [-0.39, 0.29) is 23.7 Å². The van der Waals surface area contributed by atoms with E-state index in [1.807, 2.05) is 18.2 Å². The van der Waals surface area contributed by atoms with Gasteiger partial charge in [0.05, 0.1) is 31.7 Å². The number of ether oxygens (including phenoxy) is 2. The minimum absolute atomic E-state index is 0.0593. The van der Waals surface area contributed by atoms with Crippen molar-refractivity contribution in [3.05, 3.63) is 59.4 Å². The smallest absolute Gasteiger partial charge is 0.230 e. The zero-order valence-corrected chi connectivity index (χ0v) is 18.4. The minimum atomic E-state index is -0.744. The van der Waals surface area contributed by atoms with Crippen LogP contribution in [-0.2, 0) is 15.0 Å². The topological polar surface area (TPSA) is 76.7 Å². The van der Waals surface area contributed by atoms with Crippen LogP contribution in [0.3, 0.4) is 0 Å². The first-order chi connectivity index (χ1) is 15.5. The highest BCUT2D eigenvalue weighted by molar-refractivity contribution is 5.89. The number of nitrogens with one attached hydrogen (secondary N) is 2. The van der Waals surface area contributed by atoms with Crippen LogP contribution in [0, 0.1) is 5.82 Å². The fraction of sp³-hybridized carbons (Fsp3) is 0.440. The summed E-state index contributed by atoms with van der Waals surface area (Å²) in [6.07, 6.45) is 4.07. The molecule has 2 aliphatic rings. The third kappa shape index (κ3) is 4.16. The second-order valence-corrected chi connectivity index (χ2v) is 8.58. The lowest BCUT2D eigenvalue weighted by Gasteiger charge is -2.37. The molecule has 7 heteroatoms. The maximum atomic E-state index is 14.0. The third-order valence-corrected chi connectivity index (χ3v) is 6.75. The molecule has 1 aliphatic carbocycles. The first kappa shape index (κ1) is 22.1. The molecule has 4 rings (SSSR count). The van der Waals surface area contributed by atoms with Crippen molar-refractivity contribution in [1.29, 1.82) is 0 Å². The molecule has 1 aliphatic heterocycles. The highest BCUT2D eigenvalue weighted by Gasteiger charge is 2.44. The van der Waals surface area contributed by atoms with Gasteiger partial charge in [-0.15, -0.1) is 0 Å². The van der Waals surface area contributed by atoms with Gasteiger partial charge < -0.3 is 20.1 Å². The fourth-order valence-electron chi connectivity index (χ4n) is 5.03. The van der Waals surface area contributed by atoms with Crippen molar-refractivity contribution in [2.45, 2.75) is 56.0 Å². The second-order valence-electron chi connectivity index (χ2n) is 8.58. The predicted molar refractivity (Wildman–Crippen MR) is 118 cm³/mol. The van der Waals surface area contributed by atoms with Crippen LogP contribution in [0.5, 0.6) is 11.5 Å². The summed E-state index contributed by atoms with van der Waals surface area (Å²) in [6, 6.07) is 11.2. The van der Waals surface area contributed by atoms with Gasteiger partial charge in [-0.1, -0.05) is 31.0 Å². The Morgan fingerprint density at radius 1 is 1.09 bits per heavy atom. The molecule has 2 unspecified atom stereocenters. The Morgan fingerprint density at radius 3 is 2.53 bits per heavy atom. The van der Waals surface area contributed by atoms with Gasteiger partial charge in [-0.2, -0.15) is 0 Å². The maximum Gasteiger partial charge on any atom is 0.230 e. The van der Waals surface area contributed by atoms with E-state index in [1.165, 1.54) is 12.1 Å². The lowest BCUT2D eigenvalue weighted by molar-refractivity contribution is -0.130. The maximum absolute atomic E-state index is 14.0. The van der Waals surface area contributed by atoms with Crippen LogP contribution < -0.4 is 20.1 Å². The molecular weight excluding hydrogens is 411 g/mol. The molecule has 0 bridgehead atoms. The number of carbonyl (C=O) groups is 2. The lowest BCUT2D eigenvalue weighted by atomic mass is 9.77. The van der Waals surface area contributed by atoms with Gasteiger partial charge in [0, 0.05) is 6.42 Å². The van der Waals surface area contributed by atoms with Gasteiger partial charge in [0.25, 0.3) is 0 Å². The number of hydrogen-bond acceptors (Lipinski definition) is 4. The molecule has 6 nitrogen and oxygen atoms in total. The molecule has 0 aromatic heterocycles. The predicted octanol–water partition coefficient (Wildman–Crippen LogP) is 3.79. The van der Waals surface area contributed by atoms with Crippen molar-refractivity contribution in [2.24, 2.45) is 0 Å². The Bertz CT molecular complexity index is 1000. The molecule has 0 radical (unpaired) electrons. The first-order valence-electron chi connectivity index (χ1n) is 11.0. The van der Waals surface area contributed by atoms with Crippen LogP contribution in [-0.4, -0.2) is 32.1 Å². The minimum Gasteiger partial charge on any atom is -0.493 e. The van der Waals surface area contributed by atoms with Crippen LogP contribution in [0.1, 0.15) is 55.7 Å². The summed E-state index contributed by atoms with van der Waals surface area (Å²) >= 11 is 0. The van der Waals surface area contributed by atoms with E-state index in [2.05, 4.69) is 10.6 Å². The molecule has 1 heterocycles. The Kier molecular flexibility index (Phi) is 6.35. The lowest BCUT2D eigenvalue weighted by Crippen LogP contribution is -2.54.